The van der Waals surface area contributed by atoms with Crippen LogP contribution >= 0.6 is 11.6 Å². The van der Waals surface area contributed by atoms with Crippen LogP contribution in [0.25, 0.3) is 11.0 Å². The number of carbonyl (C=O) groups is 1. The molecule has 0 amide bonds. The first kappa shape index (κ1) is 25.2. The minimum atomic E-state index is -0.258. The van der Waals surface area contributed by atoms with Gasteiger partial charge in [-0.1, -0.05) is 36.7 Å². The number of hydrogen-bond donors (Lipinski definition) is 1. The number of fused-ring (bicyclic) bond motifs is 1. The lowest BCUT2D eigenvalue weighted by atomic mass is 9.92. The molecule has 1 N–H and O–H groups in total. The molecule has 0 aliphatic carbocycles. The van der Waals surface area contributed by atoms with E-state index in [2.05, 4.69) is 17.2 Å². The van der Waals surface area contributed by atoms with Gasteiger partial charge in [0.1, 0.15) is 17.1 Å². The first-order valence-corrected chi connectivity index (χ1v) is 13.0. The van der Waals surface area contributed by atoms with Gasteiger partial charge in [0.05, 0.1) is 6.54 Å². The first-order chi connectivity index (χ1) is 17.9. The molecule has 0 saturated carbocycles. The summed E-state index contributed by atoms with van der Waals surface area (Å²) < 4.78 is 12.9. The van der Waals surface area contributed by atoms with Crippen molar-refractivity contribution in [2.24, 2.45) is 5.92 Å². The number of nitrogens with zero attached hydrogens (tertiary/aromatic N) is 2. The van der Waals surface area contributed by atoms with Crippen LogP contribution in [-0.4, -0.2) is 28.5 Å². The summed E-state index contributed by atoms with van der Waals surface area (Å²) in [6.07, 6.45) is 3.77. The van der Waals surface area contributed by atoms with Crippen LogP contribution in [0.15, 0.2) is 57.9 Å². The summed E-state index contributed by atoms with van der Waals surface area (Å²) in [6, 6.07) is 13.2. The van der Waals surface area contributed by atoms with Crippen molar-refractivity contribution in [2.75, 3.05) is 18.5 Å². The Morgan fingerprint density at radius 3 is 2.70 bits per heavy atom. The van der Waals surface area contributed by atoms with Crippen molar-refractivity contribution in [1.82, 2.24) is 9.55 Å². The van der Waals surface area contributed by atoms with Crippen molar-refractivity contribution in [2.45, 2.75) is 46.1 Å². The van der Waals surface area contributed by atoms with E-state index in [0.717, 1.165) is 40.0 Å². The van der Waals surface area contributed by atoms with Gasteiger partial charge in [0, 0.05) is 59.8 Å². The van der Waals surface area contributed by atoms with Gasteiger partial charge in [0.25, 0.3) is 5.56 Å². The predicted octanol–water partition coefficient (Wildman–Crippen LogP) is 5.84. The Morgan fingerprint density at radius 1 is 1.16 bits per heavy atom. The van der Waals surface area contributed by atoms with Crippen LogP contribution in [0.1, 0.15) is 42.2 Å². The summed E-state index contributed by atoms with van der Waals surface area (Å²) >= 11 is 6.43. The molecule has 8 heteroatoms. The molecule has 1 fully saturated rings. The Bertz CT molecular complexity index is 1500. The molecule has 1 saturated heterocycles. The van der Waals surface area contributed by atoms with Crippen molar-refractivity contribution in [1.29, 1.82) is 0 Å². The van der Waals surface area contributed by atoms with Crippen molar-refractivity contribution in [3.05, 3.63) is 86.5 Å². The molecule has 0 radical (unpaired) electrons. The van der Waals surface area contributed by atoms with Crippen molar-refractivity contribution >= 4 is 40.0 Å². The Labute approximate surface area is 220 Å². The summed E-state index contributed by atoms with van der Waals surface area (Å²) in [7, 11) is 0. The maximum Gasteiger partial charge on any atom is 0.258 e. The number of nitrogens with one attached hydrogen (secondary N) is 1. The van der Waals surface area contributed by atoms with Crippen LogP contribution in [0, 0.1) is 12.8 Å². The van der Waals surface area contributed by atoms with Crippen LogP contribution in [0.5, 0.6) is 0 Å². The highest BCUT2D eigenvalue weighted by atomic mass is 35.5. The summed E-state index contributed by atoms with van der Waals surface area (Å²) in [4.78, 5) is 31.2. The quantitative estimate of drug-likeness (QED) is 0.314. The summed E-state index contributed by atoms with van der Waals surface area (Å²) in [5.74, 6) is 1.31. The van der Waals surface area contributed by atoms with Gasteiger partial charge < -0.3 is 14.5 Å². The number of furan rings is 1. The fourth-order valence-electron chi connectivity index (χ4n) is 4.87. The van der Waals surface area contributed by atoms with E-state index in [1.54, 1.807) is 10.6 Å². The zero-order valence-electron chi connectivity index (χ0n) is 21.1. The predicted molar refractivity (Wildman–Crippen MR) is 145 cm³/mol. The number of benzene rings is 2. The van der Waals surface area contributed by atoms with Gasteiger partial charge in [0.2, 0.25) is 5.95 Å². The number of anilines is 2. The largest absolute Gasteiger partial charge is 0.461 e. The van der Waals surface area contributed by atoms with Crippen LogP contribution in [0.4, 0.5) is 11.6 Å². The minimum Gasteiger partial charge on any atom is -0.461 e. The third-order valence-electron chi connectivity index (χ3n) is 7.06. The highest BCUT2D eigenvalue weighted by Gasteiger charge is 2.23. The molecule has 0 spiro atoms. The zero-order valence-corrected chi connectivity index (χ0v) is 21.8. The second-order valence-corrected chi connectivity index (χ2v) is 9.87. The lowest BCUT2D eigenvalue weighted by Crippen LogP contribution is -2.31. The molecule has 0 unspecified atom stereocenters. The standard InChI is InChI=1S/C29H30ClN3O4/c1-3-26-18(2)23-15-22(8-9-27(23)37-26)32-29-31-16-21(14-25(34)19-10-12-36-13-11-19)28(35)33(29)17-20-6-4-5-7-24(20)30/h4-9,15-16,19H,3,10-14,17H2,1-2H3,(H,31,32). The van der Waals surface area contributed by atoms with Gasteiger partial charge in [-0.05, 0) is 55.2 Å². The third kappa shape index (κ3) is 5.33. The molecule has 192 valence electrons. The summed E-state index contributed by atoms with van der Waals surface area (Å²) in [5.41, 5.74) is 3.62. The number of aryl methyl sites for hydroxylation is 2. The fraction of sp³-hybridized carbons (Fsp3) is 0.345. The highest BCUT2D eigenvalue weighted by molar-refractivity contribution is 6.31. The highest BCUT2D eigenvalue weighted by Crippen LogP contribution is 2.29. The molecule has 1 aliphatic heterocycles. The van der Waals surface area contributed by atoms with Crippen LogP contribution in [0.3, 0.4) is 0 Å². The Kier molecular flexibility index (Phi) is 7.44. The van der Waals surface area contributed by atoms with E-state index in [0.29, 0.717) is 42.6 Å². The average molecular weight is 520 g/mol. The molecule has 7 nitrogen and oxygen atoms in total. The van der Waals surface area contributed by atoms with Crippen LogP contribution in [0.2, 0.25) is 5.02 Å². The molecule has 37 heavy (non-hydrogen) atoms. The summed E-state index contributed by atoms with van der Waals surface area (Å²) in [6.45, 7) is 5.49. The van der Waals surface area contributed by atoms with Gasteiger partial charge in [-0.3, -0.25) is 14.2 Å². The molecule has 0 atom stereocenters. The molecule has 0 bridgehead atoms. The van der Waals surface area contributed by atoms with E-state index < -0.39 is 0 Å². The van der Waals surface area contributed by atoms with Crippen molar-refractivity contribution in [3.63, 3.8) is 0 Å². The fourth-order valence-corrected chi connectivity index (χ4v) is 5.06. The summed E-state index contributed by atoms with van der Waals surface area (Å²) in [5, 5.41) is 4.89. The SMILES string of the molecule is CCc1oc2ccc(Nc3ncc(CC(=O)C4CCOCC4)c(=O)n3Cc3ccccc3Cl)cc2c1C. The molecular weight excluding hydrogens is 490 g/mol. The maximum absolute atomic E-state index is 13.7. The van der Waals surface area contributed by atoms with E-state index in [1.807, 2.05) is 43.3 Å². The monoisotopic (exact) mass is 519 g/mol. The molecule has 2 aromatic carbocycles. The zero-order chi connectivity index (χ0) is 25.9. The van der Waals surface area contributed by atoms with Gasteiger partial charge in [-0.2, -0.15) is 0 Å². The Balaban J connectivity index is 1.50. The number of hydrogen-bond acceptors (Lipinski definition) is 6. The Morgan fingerprint density at radius 2 is 1.95 bits per heavy atom. The number of carbonyl (C=O) groups excluding carboxylic acids is 1. The van der Waals surface area contributed by atoms with Gasteiger partial charge >= 0.3 is 0 Å². The molecule has 3 heterocycles. The molecule has 5 rings (SSSR count). The minimum absolute atomic E-state index is 0.0548. The van der Waals surface area contributed by atoms with Crippen molar-refractivity contribution in [3.8, 4) is 0 Å². The molecule has 2 aromatic heterocycles. The second kappa shape index (κ2) is 10.9. The average Bonchev–Trinajstić information content (AvgIpc) is 3.24. The number of aromatic nitrogens is 2. The van der Waals surface area contributed by atoms with E-state index in [9.17, 15) is 9.59 Å². The van der Waals surface area contributed by atoms with E-state index in [-0.39, 0.29) is 30.2 Å². The first-order valence-electron chi connectivity index (χ1n) is 12.7. The number of rotatable bonds is 8. The number of ether oxygens (including phenoxy) is 1. The lowest BCUT2D eigenvalue weighted by Gasteiger charge is -2.21. The molecular formula is C29H30ClN3O4. The van der Waals surface area contributed by atoms with E-state index >= 15 is 0 Å². The normalized spacial score (nSPS) is 14.2. The van der Waals surface area contributed by atoms with Crippen LogP contribution < -0.4 is 10.9 Å². The van der Waals surface area contributed by atoms with Gasteiger partial charge in [0.15, 0.2) is 0 Å². The molecule has 4 aromatic rings. The smallest absolute Gasteiger partial charge is 0.258 e. The van der Waals surface area contributed by atoms with Crippen molar-refractivity contribution < 1.29 is 13.9 Å². The molecule has 1 aliphatic rings. The number of ketones is 1. The number of halogens is 1. The third-order valence-corrected chi connectivity index (χ3v) is 7.43. The van der Waals surface area contributed by atoms with Gasteiger partial charge in [-0.15, -0.1) is 0 Å². The van der Waals surface area contributed by atoms with E-state index in [1.165, 1.54) is 6.20 Å². The lowest BCUT2D eigenvalue weighted by molar-refractivity contribution is -0.125. The number of Topliss-reactive ketones (excluding diaryl/α,β-unsaturated/α-hetero) is 1. The van der Waals surface area contributed by atoms with Gasteiger partial charge in [-0.25, -0.2) is 4.98 Å². The maximum atomic E-state index is 13.7. The Hall–Kier alpha value is -3.42. The van der Waals surface area contributed by atoms with Crippen LogP contribution in [-0.2, 0) is 28.9 Å². The van der Waals surface area contributed by atoms with E-state index in [4.69, 9.17) is 20.8 Å². The second-order valence-electron chi connectivity index (χ2n) is 9.46. The topological polar surface area (TPSA) is 86.4 Å².